The minimum atomic E-state index is -4.43. The van der Waals surface area contributed by atoms with Crippen molar-refractivity contribution in [1.29, 1.82) is 0 Å². The van der Waals surface area contributed by atoms with Crippen LogP contribution in [0.25, 0.3) is 0 Å². The summed E-state index contributed by atoms with van der Waals surface area (Å²) in [7, 11) is 0. The summed E-state index contributed by atoms with van der Waals surface area (Å²) in [6.45, 7) is 2.21. The van der Waals surface area contributed by atoms with Gasteiger partial charge in [-0.15, -0.1) is 0 Å². The normalized spacial score (nSPS) is 16.3. The maximum absolute atomic E-state index is 12.8. The summed E-state index contributed by atoms with van der Waals surface area (Å²) in [6, 6.07) is 12.4. The van der Waals surface area contributed by atoms with Crippen LogP contribution in [0.1, 0.15) is 24.0 Å². The van der Waals surface area contributed by atoms with E-state index in [1.165, 1.54) is 12.1 Å². The van der Waals surface area contributed by atoms with Crippen LogP contribution in [0.3, 0.4) is 0 Å². The molecule has 1 aliphatic rings. The number of rotatable bonds is 4. The van der Waals surface area contributed by atoms with Gasteiger partial charge in [0.25, 0.3) is 0 Å². The maximum Gasteiger partial charge on any atom is 0.416 e. The van der Waals surface area contributed by atoms with E-state index in [2.05, 4.69) is 10.2 Å². The molecule has 0 spiro atoms. The zero-order chi connectivity index (χ0) is 19.4. The highest BCUT2D eigenvalue weighted by Gasteiger charge is 2.31. The number of alkyl halides is 3. The van der Waals surface area contributed by atoms with Crippen LogP contribution in [0.5, 0.6) is 0 Å². The van der Waals surface area contributed by atoms with E-state index in [1.54, 1.807) is 0 Å². The monoisotopic (exact) mass is 396 g/mol. The van der Waals surface area contributed by atoms with Crippen LogP contribution < -0.4 is 5.32 Å². The van der Waals surface area contributed by atoms with Gasteiger partial charge in [0, 0.05) is 23.2 Å². The number of carbonyl (C=O) groups is 1. The number of likely N-dealkylation sites (tertiary alicyclic amines) is 1. The first-order chi connectivity index (χ1) is 12.8. The van der Waals surface area contributed by atoms with Gasteiger partial charge in [0.1, 0.15) is 0 Å². The fourth-order valence-electron chi connectivity index (χ4n) is 3.24. The zero-order valence-electron chi connectivity index (χ0n) is 14.6. The van der Waals surface area contributed by atoms with Gasteiger partial charge in [-0.2, -0.15) is 13.2 Å². The Bertz CT molecular complexity index is 802. The van der Waals surface area contributed by atoms with Crippen molar-refractivity contribution >= 4 is 23.2 Å². The summed E-state index contributed by atoms with van der Waals surface area (Å²) < 4.78 is 38.3. The lowest BCUT2D eigenvalue weighted by Gasteiger charge is -2.31. The van der Waals surface area contributed by atoms with Crippen molar-refractivity contribution in [3.63, 3.8) is 0 Å². The van der Waals surface area contributed by atoms with Crippen molar-refractivity contribution in [3.8, 4) is 0 Å². The molecule has 1 fully saturated rings. The fraction of sp³-hybridized carbons (Fsp3) is 0.350. The molecular weight excluding hydrogens is 377 g/mol. The predicted molar refractivity (Wildman–Crippen MR) is 99.5 cm³/mol. The van der Waals surface area contributed by atoms with Crippen molar-refractivity contribution < 1.29 is 18.0 Å². The first-order valence-corrected chi connectivity index (χ1v) is 9.14. The van der Waals surface area contributed by atoms with E-state index >= 15 is 0 Å². The second kappa shape index (κ2) is 8.31. The summed E-state index contributed by atoms with van der Waals surface area (Å²) in [6.07, 6.45) is -3.10. The van der Waals surface area contributed by atoms with Crippen molar-refractivity contribution in [2.24, 2.45) is 5.92 Å². The van der Waals surface area contributed by atoms with Crippen LogP contribution in [-0.4, -0.2) is 23.9 Å². The van der Waals surface area contributed by atoms with E-state index in [9.17, 15) is 18.0 Å². The van der Waals surface area contributed by atoms with E-state index in [0.29, 0.717) is 12.8 Å². The number of anilines is 1. The van der Waals surface area contributed by atoms with E-state index in [-0.39, 0.29) is 17.5 Å². The molecule has 0 radical (unpaired) electrons. The molecule has 0 aromatic heterocycles. The molecule has 2 aromatic carbocycles. The third kappa shape index (κ3) is 5.23. The highest BCUT2D eigenvalue weighted by atomic mass is 35.5. The third-order valence-electron chi connectivity index (χ3n) is 4.77. The van der Waals surface area contributed by atoms with Gasteiger partial charge in [0.05, 0.1) is 5.56 Å². The van der Waals surface area contributed by atoms with Crippen molar-refractivity contribution in [1.82, 2.24) is 4.90 Å². The fourth-order valence-corrected chi connectivity index (χ4v) is 3.43. The summed E-state index contributed by atoms with van der Waals surface area (Å²) in [5, 5.41) is 3.34. The molecule has 0 aliphatic carbocycles. The molecule has 3 nitrogen and oxygen atoms in total. The van der Waals surface area contributed by atoms with Gasteiger partial charge in [0.15, 0.2) is 0 Å². The smallest absolute Gasteiger partial charge is 0.326 e. The van der Waals surface area contributed by atoms with Gasteiger partial charge in [-0.05, 0) is 55.8 Å². The Hall–Kier alpha value is -2.05. The molecule has 144 valence electrons. The molecule has 1 amide bonds. The lowest BCUT2D eigenvalue weighted by Crippen LogP contribution is -2.37. The molecule has 0 bridgehead atoms. The van der Waals surface area contributed by atoms with Gasteiger partial charge in [-0.25, -0.2) is 0 Å². The Morgan fingerprint density at radius 2 is 1.81 bits per heavy atom. The van der Waals surface area contributed by atoms with Crippen LogP contribution in [0.2, 0.25) is 5.02 Å². The molecule has 7 heteroatoms. The molecule has 1 aliphatic heterocycles. The molecule has 2 aromatic rings. The summed E-state index contributed by atoms with van der Waals surface area (Å²) >= 11 is 6.19. The number of halogens is 4. The Kier molecular flexibility index (Phi) is 6.07. The highest BCUT2D eigenvalue weighted by molar-refractivity contribution is 6.31. The van der Waals surface area contributed by atoms with E-state index in [0.717, 1.165) is 42.4 Å². The largest absolute Gasteiger partial charge is 0.416 e. The molecular formula is C20H20ClF3N2O. The minimum Gasteiger partial charge on any atom is -0.326 e. The van der Waals surface area contributed by atoms with Gasteiger partial charge < -0.3 is 5.32 Å². The number of nitrogens with zero attached hydrogens (tertiary/aromatic N) is 1. The molecule has 0 atom stereocenters. The number of piperidine rings is 1. The maximum atomic E-state index is 12.8. The Balaban J connectivity index is 1.54. The molecule has 27 heavy (non-hydrogen) atoms. The summed E-state index contributed by atoms with van der Waals surface area (Å²) in [5.41, 5.74) is 0.453. The van der Waals surface area contributed by atoms with Crippen LogP contribution in [0, 0.1) is 5.92 Å². The SMILES string of the molecule is O=C(Nc1cccc(C(F)(F)F)c1)C1CCN(Cc2ccccc2Cl)CC1. The summed E-state index contributed by atoms with van der Waals surface area (Å²) in [4.78, 5) is 14.6. The van der Waals surface area contributed by atoms with Gasteiger partial charge in [0.2, 0.25) is 5.91 Å². The average molecular weight is 397 g/mol. The van der Waals surface area contributed by atoms with Crippen molar-refractivity contribution in [3.05, 3.63) is 64.7 Å². The van der Waals surface area contributed by atoms with Gasteiger partial charge >= 0.3 is 6.18 Å². The van der Waals surface area contributed by atoms with E-state index in [4.69, 9.17) is 11.6 Å². The summed E-state index contributed by atoms with van der Waals surface area (Å²) in [5.74, 6) is -0.436. The highest BCUT2D eigenvalue weighted by Crippen LogP contribution is 2.31. The number of carbonyl (C=O) groups excluding carboxylic acids is 1. The molecule has 0 unspecified atom stereocenters. The second-order valence-corrected chi connectivity index (χ2v) is 7.12. The number of nitrogens with one attached hydrogen (secondary N) is 1. The van der Waals surface area contributed by atoms with E-state index < -0.39 is 11.7 Å². The lowest BCUT2D eigenvalue weighted by molar-refractivity contribution is -0.137. The number of amides is 1. The van der Waals surface area contributed by atoms with Crippen molar-refractivity contribution in [2.45, 2.75) is 25.6 Å². The zero-order valence-corrected chi connectivity index (χ0v) is 15.4. The molecule has 1 heterocycles. The molecule has 1 N–H and O–H groups in total. The van der Waals surface area contributed by atoms with Gasteiger partial charge in [-0.1, -0.05) is 35.9 Å². The quantitative estimate of drug-likeness (QED) is 0.769. The lowest BCUT2D eigenvalue weighted by atomic mass is 9.95. The van der Waals surface area contributed by atoms with E-state index in [1.807, 2.05) is 24.3 Å². The van der Waals surface area contributed by atoms with Gasteiger partial charge in [-0.3, -0.25) is 9.69 Å². The predicted octanol–water partition coefficient (Wildman–Crippen LogP) is 5.21. The van der Waals surface area contributed by atoms with Crippen LogP contribution in [-0.2, 0) is 17.5 Å². The standard InChI is InChI=1S/C20H20ClF3N2O/c21-18-7-2-1-4-15(18)13-26-10-8-14(9-11-26)19(27)25-17-6-3-5-16(12-17)20(22,23)24/h1-7,12,14H,8-11,13H2,(H,25,27). The first kappa shape index (κ1) is 19.7. The molecule has 3 rings (SSSR count). The Morgan fingerprint density at radius 3 is 2.48 bits per heavy atom. The minimum absolute atomic E-state index is 0.174. The number of hydrogen-bond acceptors (Lipinski definition) is 2. The Labute approximate surface area is 161 Å². The van der Waals surface area contributed by atoms with Crippen LogP contribution in [0.4, 0.5) is 18.9 Å². The Morgan fingerprint density at radius 1 is 1.11 bits per heavy atom. The first-order valence-electron chi connectivity index (χ1n) is 8.77. The number of benzene rings is 2. The van der Waals surface area contributed by atoms with Crippen LogP contribution >= 0.6 is 11.6 Å². The number of hydrogen-bond donors (Lipinski definition) is 1. The molecule has 0 saturated carbocycles. The topological polar surface area (TPSA) is 32.3 Å². The van der Waals surface area contributed by atoms with Crippen molar-refractivity contribution in [2.75, 3.05) is 18.4 Å². The third-order valence-corrected chi connectivity index (χ3v) is 5.14. The molecule has 1 saturated heterocycles. The second-order valence-electron chi connectivity index (χ2n) is 6.71. The van der Waals surface area contributed by atoms with Crippen LogP contribution in [0.15, 0.2) is 48.5 Å². The average Bonchev–Trinajstić information content (AvgIpc) is 2.64.